The smallest absolute Gasteiger partial charge is 0.337 e. The standard InChI is InChI=1S/C37H40N2O7/c1-26(2)22-39(23-34(41)36(43)46-25-29-11-7-4-8-12-29)37(44)38-33(35(42)45-24-28-9-5-3-6-10-28)21-27-13-15-30(16-14-27)31-17-19-32(40)20-18-31/h3-20,26,33-34,40-41H,21-25H2,1-2H3,(H,38,44). The molecular formula is C37H40N2O7. The van der Waals surface area contributed by atoms with E-state index in [9.17, 15) is 24.6 Å². The minimum atomic E-state index is -1.58. The summed E-state index contributed by atoms with van der Waals surface area (Å²) in [4.78, 5) is 40.8. The molecule has 240 valence electrons. The van der Waals surface area contributed by atoms with E-state index in [2.05, 4.69) is 5.32 Å². The molecular weight excluding hydrogens is 584 g/mol. The quantitative estimate of drug-likeness (QED) is 0.159. The van der Waals surface area contributed by atoms with Crippen molar-refractivity contribution in [2.24, 2.45) is 5.92 Å². The summed E-state index contributed by atoms with van der Waals surface area (Å²) in [7, 11) is 0. The Bertz CT molecular complexity index is 1540. The van der Waals surface area contributed by atoms with Gasteiger partial charge in [-0.05, 0) is 45.9 Å². The van der Waals surface area contributed by atoms with Crippen molar-refractivity contribution in [3.8, 4) is 16.9 Å². The van der Waals surface area contributed by atoms with Crippen LogP contribution in [0.25, 0.3) is 11.1 Å². The Kier molecular flexibility index (Phi) is 12.3. The number of aliphatic hydroxyl groups excluding tert-OH is 1. The zero-order valence-electron chi connectivity index (χ0n) is 26.0. The molecule has 0 heterocycles. The molecule has 0 aliphatic rings. The SMILES string of the molecule is CC(C)CN(CC(O)C(=O)OCc1ccccc1)C(=O)NC(Cc1ccc(-c2ccc(O)cc2)cc1)C(=O)OCc1ccccc1. The highest BCUT2D eigenvalue weighted by Gasteiger charge is 2.29. The molecule has 46 heavy (non-hydrogen) atoms. The van der Waals surface area contributed by atoms with Gasteiger partial charge in [0.15, 0.2) is 6.10 Å². The maximum absolute atomic E-state index is 13.6. The Hall–Kier alpha value is -5.15. The molecule has 0 aliphatic heterocycles. The van der Waals surface area contributed by atoms with Gasteiger partial charge in [-0.1, -0.05) is 111 Å². The van der Waals surface area contributed by atoms with Gasteiger partial charge in [-0.15, -0.1) is 0 Å². The van der Waals surface area contributed by atoms with Gasteiger partial charge < -0.3 is 29.9 Å². The number of esters is 2. The number of benzene rings is 4. The van der Waals surface area contributed by atoms with E-state index >= 15 is 0 Å². The molecule has 9 heteroatoms. The van der Waals surface area contributed by atoms with Gasteiger partial charge in [0, 0.05) is 13.0 Å². The number of nitrogens with one attached hydrogen (secondary N) is 1. The molecule has 9 nitrogen and oxygen atoms in total. The summed E-state index contributed by atoms with van der Waals surface area (Å²) in [6.45, 7) is 3.75. The lowest BCUT2D eigenvalue weighted by Gasteiger charge is -2.28. The summed E-state index contributed by atoms with van der Waals surface area (Å²) >= 11 is 0. The molecule has 2 unspecified atom stereocenters. The topological polar surface area (TPSA) is 125 Å². The first kappa shape index (κ1) is 33.7. The lowest BCUT2D eigenvalue weighted by Crippen LogP contribution is -2.52. The van der Waals surface area contributed by atoms with Crippen LogP contribution in [-0.2, 0) is 38.7 Å². The Morgan fingerprint density at radius 1 is 0.674 bits per heavy atom. The van der Waals surface area contributed by atoms with Gasteiger partial charge in [0.1, 0.15) is 25.0 Å². The van der Waals surface area contributed by atoms with Crippen molar-refractivity contribution in [2.75, 3.05) is 13.1 Å². The van der Waals surface area contributed by atoms with Crippen LogP contribution in [0.4, 0.5) is 4.79 Å². The second-order valence-corrected chi connectivity index (χ2v) is 11.5. The number of nitrogens with zero attached hydrogens (tertiary/aromatic N) is 1. The molecule has 0 aliphatic carbocycles. The lowest BCUT2D eigenvalue weighted by molar-refractivity contribution is -0.155. The van der Waals surface area contributed by atoms with Crippen molar-refractivity contribution < 1.29 is 34.1 Å². The number of rotatable bonds is 14. The van der Waals surface area contributed by atoms with Crippen molar-refractivity contribution in [1.29, 1.82) is 0 Å². The minimum absolute atomic E-state index is 0.00598. The van der Waals surface area contributed by atoms with E-state index in [1.807, 2.05) is 98.8 Å². The van der Waals surface area contributed by atoms with Crippen LogP contribution in [0.3, 0.4) is 0 Å². The molecule has 0 saturated heterocycles. The molecule has 0 saturated carbocycles. The van der Waals surface area contributed by atoms with E-state index in [1.54, 1.807) is 24.3 Å². The zero-order valence-corrected chi connectivity index (χ0v) is 26.0. The number of carbonyl (C=O) groups excluding carboxylic acids is 3. The van der Waals surface area contributed by atoms with Crippen molar-refractivity contribution in [2.45, 2.75) is 45.6 Å². The highest BCUT2D eigenvalue weighted by Crippen LogP contribution is 2.23. The van der Waals surface area contributed by atoms with Crippen LogP contribution in [0, 0.1) is 5.92 Å². The van der Waals surface area contributed by atoms with E-state index in [0.717, 1.165) is 27.8 Å². The summed E-state index contributed by atoms with van der Waals surface area (Å²) < 4.78 is 10.9. The van der Waals surface area contributed by atoms with Crippen LogP contribution in [0.5, 0.6) is 5.75 Å². The van der Waals surface area contributed by atoms with Gasteiger partial charge in [0.05, 0.1) is 6.54 Å². The lowest BCUT2D eigenvalue weighted by atomic mass is 10.0. The number of phenols is 1. The van der Waals surface area contributed by atoms with Gasteiger partial charge in [-0.2, -0.15) is 0 Å². The van der Waals surface area contributed by atoms with Crippen molar-refractivity contribution in [3.05, 3.63) is 126 Å². The predicted molar refractivity (Wildman–Crippen MR) is 174 cm³/mol. The summed E-state index contributed by atoms with van der Waals surface area (Å²) in [5.41, 5.74) is 4.20. The second kappa shape index (κ2) is 16.8. The number of phenolic OH excluding ortho intramolecular Hbond substituents is 1. The highest BCUT2D eigenvalue weighted by molar-refractivity contribution is 5.84. The van der Waals surface area contributed by atoms with Gasteiger partial charge in [0.2, 0.25) is 0 Å². The Labute approximate surface area is 269 Å². The molecule has 0 fully saturated rings. The fourth-order valence-electron chi connectivity index (χ4n) is 4.78. The normalized spacial score (nSPS) is 12.2. The molecule has 0 bridgehead atoms. The van der Waals surface area contributed by atoms with Gasteiger partial charge in [0.25, 0.3) is 0 Å². The first-order valence-corrected chi connectivity index (χ1v) is 15.2. The number of urea groups is 1. The monoisotopic (exact) mass is 624 g/mol. The second-order valence-electron chi connectivity index (χ2n) is 11.5. The van der Waals surface area contributed by atoms with Gasteiger partial charge in [-0.3, -0.25) is 0 Å². The average Bonchev–Trinajstić information content (AvgIpc) is 3.07. The fourth-order valence-corrected chi connectivity index (χ4v) is 4.78. The molecule has 2 amide bonds. The molecule has 4 aromatic carbocycles. The third-order valence-corrected chi connectivity index (χ3v) is 7.16. The molecule has 0 aromatic heterocycles. The van der Waals surface area contributed by atoms with Crippen molar-refractivity contribution >= 4 is 18.0 Å². The largest absolute Gasteiger partial charge is 0.508 e. The zero-order chi connectivity index (χ0) is 32.9. The Morgan fingerprint density at radius 2 is 1.17 bits per heavy atom. The molecule has 0 spiro atoms. The summed E-state index contributed by atoms with van der Waals surface area (Å²) in [5.74, 6) is -1.28. The average molecular weight is 625 g/mol. The third-order valence-electron chi connectivity index (χ3n) is 7.16. The van der Waals surface area contributed by atoms with Crippen LogP contribution in [0.2, 0.25) is 0 Å². The molecule has 3 N–H and O–H groups in total. The summed E-state index contributed by atoms with van der Waals surface area (Å²) in [5, 5.41) is 23.0. The number of hydrogen-bond donors (Lipinski definition) is 3. The number of aliphatic hydroxyl groups is 1. The van der Waals surface area contributed by atoms with E-state index in [-0.39, 0.29) is 44.4 Å². The van der Waals surface area contributed by atoms with E-state index in [0.29, 0.717) is 0 Å². The first-order valence-electron chi connectivity index (χ1n) is 15.2. The Balaban J connectivity index is 1.46. The molecule has 4 rings (SSSR count). The van der Waals surface area contributed by atoms with Crippen LogP contribution in [-0.4, -0.2) is 58.3 Å². The van der Waals surface area contributed by atoms with E-state index in [4.69, 9.17) is 9.47 Å². The van der Waals surface area contributed by atoms with E-state index in [1.165, 1.54) is 4.90 Å². The van der Waals surface area contributed by atoms with E-state index < -0.39 is 30.1 Å². The number of ether oxygens (including phenoxy) is 2. The van der Waals surface area contributed by atoms with Crippen LogP contribution in [0.1, 0.15) is 30.5 Å². The third kappa shape index (κ3) is 10.5. The summed E-state index contributed by atoms with van der Waals surface area (Å²) in [6.07, 6.45) is -1.43. The fraction of sp³-hybridized carbons (Fsp3) is 0.270. The molecule has 0 radical (unpaired) electrons. The Morgan fingerprint density at radius 3 is 1.70 bits per heavy atom. The van der Waals surface area contributed by atoms with Gasteiger partial charge >= 0.3 is 18.0 Å². The van der Waals surface area contributed by atoms with Crippen LogP contribution < -0.4 is 5.32 Å². The van der Waals surface area contributed by atoms with Crippen LogP contribution >= 0.6 is 0 Å². The van der Waals surface area contributed by atoms with Crippen molar-refractivity contribution in [1.82, 2.24) is 10.2 Å². The first-order chi connectivity index (χ1) is 22.2. The van der Waals surface area contributed by atoms with Gasteiger partial charge in [-0.25, -0.2) is 14.4 Å². The highest BCUT2D eigenvalue weighted by atomic mass is 16.5. The van der Waals surface area contributed by atoms with Crippen LogP contribution in [0.15, 0.2) is 109 Å². The number of aromatic hydroxyl groups is 1. The number of hydrogen-bond acceptors (Lipinski definition) is 7. The number of carbonyl (C=O) groups is 3. The maximum atomic E-state index is 13.6. The van der Waals surface area contributed by atoms with Crippen molar-refractivity contribution in [3.63, 3.8) is 0 Å². The molecule has 2 atom stereocenters. The maximum Gasteiger partial charge on any atom is 0.337 e. The molecule has 4 aromatic rings. The number of amides is 2. The summed E-state index contributed by atoms with van der Waals surface area (Å²) in [6, 6.07) is 31.0. The predicted octanol–water partition coefficient (Wildman–Crippen LogP) is 5.49. The minimum Gasteiger partial charge on any atom is -0.508 e.